The van der Waals surface area contributed by atoms with Crippen molar-refractivity contribution in [2.45, 2.75) is 24.8 Å². The first-order chi connectivity index (χ1) is 8.42. The van der Waals surface area contributed by atoms with Gasteiger partial charge in [0.25, 0.3) is 0 Å². The maximum atomic E-state index is 12.2. The standard InChI is InChI=1S/C12H19NO4S/c1-9(2)10(8-14)13-18(15,16)12-7-5-4-6-11(12)17-3/h4-7,9-10,13-14H,8H2,1-3H3. The minimum atomic E-state index is -3.69. The monoisotopic (exact) mass is 273 g/mol. The Hall–Kier alpha value is -1.11. The highest BCUT2D eigenvalue weighted by Crippen LogP contribution is 2.23. The Kier molecular flexibility index (Phi) is 5.13. The zero-order valence-electron chi connectivity index (χ0n) is 10.8. The van der Waals surface area contributed by atoms with Crippen LogP contribution in [0.1, 0.15) is 13.8 Å². The molecule has 1 atom stereocenters. The minimum Gasteiger partial charge on any atom is -0.495 e. The van der Waals surface area contributed by atoms with E-state index in [9.17, 15) is 13.5 Å². The first kappa shape index (κ1) is 14.9. The molecule has 0 radical (unpaired) electrons. The molecule has 0 aliphatic carbocycles. The summed E-state index contributed by atoms with van der Waals surface area (Å²) in [5.41, 5.74) is 0. The van der Waals surface area contributed by atoms with Crippen LogP contribution >= 0.6 is 0 Å². The summed E-state index contributed by atoms with van der Waals surface area (Å²) >= 11 is 0. The fraction of sp³-hybridized carbons (Fsp3) is 0.500. The van der Waals surface area contributed by atoms with E-state index in [2.05, 4.69) is 4.72 Å². The van der Waals surface area contributed by atoms with Crippen LogP contribution in [0, 0.1) is 5.92 Å². The van der Waals surface area contributed by atoms with Crippen molar-refractivity contribution < 1.29 is 18.3 Å². The first-order valence-electron chi connectivity index (χ1n) is 5.68. The number of nitrogens with one attached hydrogen (secondary N) is 1. The lowest BCUT2D eigenvalue weighted by Crippen LogP contribution is -2.41. The lowest BCUT2D eigenvalue weighted by molar-refractivity contribution is 0.227. The number of benzene rings is 1. The Balaban J connectivity index is 3.06. The fourth-order valence-corrected chi connectivity index (χ4v) is 3.03. The lowest BCUT2D eigenvalue weighted by atomic mass is 10.1. The van der Waals surface area contributed by atoms with Gasteiger partial charge in [-0.15, -0.1) is 0 Å². The van der Waals surface area contributed by atoms with Crippen molar-refractivity contribution in [2.24, 2.45) is 5.92 Å². The lowest BCUT2D eigenvalue weighted by Gasteiger charge is -2.20. The maximum Gasteiger partial charge on any atom is 0.244 e. The summed E-state index contributed by atoms with van der Waals surface area (Å²) in [5.74, 6) is 0.282. The second kappa shape index (κ2) is 6.17. The van der Waals surface area contributed by atoms with E-state index in [4.69, 9.17) is 4.74 Å². The quantitative estimate of drug-likeness (QED) is 0.810. The molecule has 0 aromatic heterocycles. The predicted octanol–water partition coefficient (Wildman–Crippen LogP) is 0.990. The van der Waals surface area contributed by atoms with Gasteiger partial charge in [-0.3, -0.25) is 0 Å². The Morgan fingerprint density at radius 1 is 1.33 bits per heavy atom. The summed E-state index contributed by atoms with van der Waals surface area (Å²) in [6.07, 6.45) is 0. The van der Waals surface area contributed by atoms with Gasteiger partial charge in [0.15, 0.2) is 0 Å². The zero-order chi connectivity index (χ0) is 13.8. The highest BCUT2D eigenvalue weighted by Gasteiger charge is 2.24. The van der Waals surface area contributed by atoms with E-state index in [-0.39, 0.29) is 23.2 Å². The molecule has 0 spiro atoms. The number of aliphatic hydroxyl groups is 1. The molecule has 0 saturated carbocycles. The smallest absolute Gasteiger partial charge is 0.244 e. The molecule has 18 heavy (non-hydrogen) atoms. The second-order valence-electron chi connectivity index (χ2n) is 4.31. The third-order valence-corrected chi connectivity index (χ3v) is 4.20. The van der Waals surface area contributed by atoms with Crippen molar-refractivity contribution in [1.29, 1.82) is 0 Å². The van der Waals surface area contributed by atoms with Gasteiger partial charge in [0.1, 0.15) is 10.6 Å². The Labute approximate surface area is 108 Å². The van der Waals surface area contributed by atoms with Crippen LogP contribution in [-0.2, 0) is 10.0 Å². The zero-order valence-corrected chi connectivity index (χ0v) is 11.6. The van der Waals surface area contributed by atoms with Crippen LogP contribution in [0.25, 0.3) is 0 Å². The van der Waals surface area contributed by atoms with Crippen LogP contribution < -0.4 is 9.46 Å². The van der Waals surface area contributed by atoms with Gasteiger partial charge in [-0.25, -0.2) is 13.1 Å². The van der Waals surface area contributed by atoms with Gasteiger partial charge < -0.3 is 9.84 Å². The minimum absolute atomic E-state index is 0.000479. The number of para-hydroxylation sites is 1. The number of hydrogen-bond acceptors (Lipinski definition) is 4. The molecule has 0 heterocycles. The van der Waals surface area contributed by atoms with Gasteiger partial charge in [0, 0.05) is 6.04 Å². The first-order valence-corrected chi connectivity index (χ1v) is 7.17. The highest BCUT2D eigenvalue weighted by atomic mass is 32.2. The summed E-state index contributed by atoms with van der Waals surface area (Å²) in [6, 6.07) is 5.86. The van der Waals surface area contributed by atoms with Gasteiger partial charge in [0.05, 0.1) is 13.7 Å². The molecule has 0 bridgehead atoms. The molecule has 0 aliphatic rings. The summed E-state index contributed by atoms with van der Waals surface area (Å²) in [7, 11) is -2.28. The summed E-state index contributed by atoms with van der Waals surface area (Å²) in [5, 5.41) is 9.17. The van der Waals surface area contributed by atoms with Crippen molar-refractivity contribution in [1.82, 2.24) is 4.72 Å². The summed E-state index contributed by atoms with van der Waals surface area (Å²) < 4.78 is 31.9. The fourth-order valence-electron chi connectivity index (χ4n) is 1.49. The average molecular weight is 273 g/mol. The molecule has 0 saturated heterocycles. The van der Waals surface area contributed by atoms with E-state index in [1.54, 1.807) is 18.2 Å². The Morgan fingerprint density at radius 3 is 2.44 bits per heavy atom. The molecule has 102 valence electrons. The van der Waals surface area contributed by atoms with Crippen LogP contribution in [0.3, 0.4) is 0 Å². The van der Waals surface area contributed by atoms with E-state index >= 15 is 0 Å². The molecular weight excluding hydrogens is 254 g/mol. The van der Waals surface area contributed by atoms with Crippen LogP contribution in [0.4, 0.5) is 0 Å². The van der Waals surface area contributed by atoms with Gasteiger partial charge >= 0.3 is 0 Å². The van der Waals surface area contributed by atoms with Crippen LogP contribution in [0.15, 0.2) is 29.2 Å². The SMILES string of the molecule is COc1ccccc1S(=O)(=O)NC(CO)C(C)C. The molecule has 6 heteroatoms. The molecule has 0 amide bonds. The third kappa shape index (κ3) is 3.44. The van der Waals surface area contributed by atoms with Gasteiger partial charge in [-0.05, 0) is 18.1 Å². The third-order valence-electron chi connectivity index (χ3n) is 2.67. The number of rotatable bonds is 6. The van der Waals surface area contributed by atoms with E-state index in [0.29, 0.717) is 0 Å². The maximum absolute atomic E-state index is 12.2. The summed E-state index contributed by atoms with van der Waals surface area (Å²) in [4.78, 5) is 0.0756. The topological polar surface area (TPSA) is 75.6 Å². The van der Waals surface area contributed by atoms with Gasteiger partial charge in [-0.1, -0.05) is 26.0 Å². The number of sulfonamides is 1. The summed E-state index contributed by atoms with van der Waals surface area (Å²) in [6.45, 7) is 3.43. The largest absolute Gasteiger partial charge is 0.495 e. The molecule has 0 aliphatic heterocycles. The van der Waals surface area contributed by atoms with Gasteiger partial charge in [0.2, 0.25) is 10.0 Å². The molecule has 1 rings (SSSR count). The molecule has 1 aromatic rings. The second-order valence-corrected chi connectivity index (χ2v) is 5.99. The number of methoxy groups -OCH3 is 1. The van der Waals surface area contributed by atoms with E-state index in [1.807, 2.05) is 13.8 Å². The predicted molar refractivity (Wildman–Crippen MR) is 69.0 cm³/mol. The van der Waals surface area contributed by atoms with Crippen molar-refractivity contribution in [3.8, 4) is 5.75 Å². The molecule has 1 unspecified atom stereocenters. The average Bonchev–Trinajstić information content (AvgIpc) is 2.35. The molecule has 5 nitrogen and oxygen atoms in total. The number of hydrogen-bond donors (Lipinski definition) is 2. The van der Waals surface area contributed by atoms with Gasteiger partial charge in [-0.2, -0.15) is 0 Å². The van der Waals surface area contributed by atoms with E-state index < -0.39 is 16.1 Å². The molecule has 0 fully saturated rings. The Bertz CT molecular complexity index is 485. The highest BCUT2D eigenvalue weighted by molar-refractivity contribution is 7.89. The van der Waals surface area contributed by atoms with Crippen molar-refractivity contribution in [3.63, 3.8) is 0 Å². The van der Waals surface area contributed by atoms with Crippen molar-refractivity contribution in [2.75, 3.05) is 13.7 Å². The molecule has 2 N–H and O–H groups in total. The normalized spacial score (nSPS) is 13.6. The van der Waals surface area contributed by atoms with Crippen molar-refractivity contribution >= 4 is 10.0 Å². The molecule has 1 aromatic carbocycles. The van der Waals surface area contributed by atoms with Crippen molar-refractivity contribution in [3.05, 3.63) is 24.3 Å². The Morgan fingerprint density at radius 2 is 1.94 bits per heavy atom. The molecular formula is C12H19NO4S. The van der Waals surface area contributed by atoms with E-state index in [0.717, 1.165) is 0 Å². The van der Waals surface area contributed by atoms with E-state index in [1.165, 1.54) is 13.2 Å². The van der Waals surface area contributed by atoms with Crippen LogP contribution in [0.2, 0.25) is 0 Å². The van der Waals surface area contributed by atoms with Crippen LogP contribution in [-0.4, -0.2) is 33.3 Å². The number of aliphatic hydroxyl groups excluding tert-OH is 1. The van der Waals surface area contributed by atoms with Crippen LogP contribution in [0.5, 0.6) is 5.75 Å². The number of ether oxygens (including phenoxy) is 1.